The number of hydrogen-bond acceptors (Lipinski definition) is 4. The van der Waals surface area contributed by atoms with Crippen LogP contribution in [0.1, 0.15) is 11.2 Å². The van der Waals surface area contributed by atoms with Crippen molar-refractivity contribution in [2.24, 2.45) is 5.73 Å². The molecular weight excluding hydrogens is 144 g/mol. The van der Waals surface area contributed by atoms with Crippen molar-refractivity contribution in [1.29, 1.82) is 0 Å². The van der Waals surface area contributed by atoms with Crippen LogP contribution in [0.5, 0.6) is 0 Å². The van der Waals surface area contributed by atoms with E-state index in [0.29, 0.717) is 18.8 Å². The zero-order chi connectivity index (χ0) is 8.27. The first-order chi connectivity index (χ1) is 5.24. The Hall–Kier alpha value is -1.36. The summed E-state index contributed by atoms with van der Waals surface area (Å²) in [7, 11) is 0. The van der Waals surface area contributed by atoms with Gasteiger partial charge < -0.3 is 11.5 Å². The molecule has 4 N–H and O–H groups in total. The van der Waals surface area contributed by atoms with Crippen LogP contribution in [0.4, 0.5) is 5.82 Å². The van der Waals surface area contributed by atoms with E-state index in [2.05, 4.69) is 5.10 Å². The van der Waals surface area contributed by atoms with E-state index in [0.717, 1.165) is 0 Å². The molecule has 0 unspecified atom stereocenters. The molecule has 0 aromatic carbocycles. The van der Waals surface area contributed by atoms with Gasteiger partial charge in [0.05, 0.1) is 0 Å². The third kappa shape index (κ3) is 1.78. The summed E-state index contributed by atoms with van der Waals surface area (Å²) < 4.78 is 1.20. The van der Waals surface area contributed by atoms with Crippen LogP contribution >= 0.6 is 0 Å². The van der Waals surface area contributed by atoms with Crippen LogP contribution in [0.2, 0.25) is 0 Å². The van der Waals surface area contributed by atoms with Crippen LogP contribution in [-0.2, 0) is 0 Å². The Morgan fingerprint density at radius 1 is 1.73 bits per heavy atom. The average Bonchev–Trinajstić information content (AvgIpc) is 2.36. The molecule has 1 aromatic heterocycles. The van der Waals surface area contributed by atoms with E-state index in [1.165, 1.54) is 10.9 Å². The number of aromatic nitrogens is 2. The molecule has 11 heavy (non-hydrogen) atoms. The topological polar surface area (TPSA) is 86.9 Å². The molecule has 1 heterocycles. The minimum absolute atomic E-state index is 0.135. The molecule has 1 rings (SSSR count). The fraction of sp³-hybridized carbons (Fsp3) is 0.333. The van der Waals surface area contributed by atoms with Gasteiger partial charge in [0.1, 0.15) is 5.82 Å². The van der Waals surface area contributed by atoms with Gasteiger partial charge in [0.2, 0.25) is 5.91 Å². The average molecular weight is 154 g/mol. The standard InChI is InChI=1S/C6H10N4O/c7-3-1-6(11)10-4-2-5(8)9-10/h2,4H,1,3,7H2,(H2,8,9). The molecule has 5 nitrogen and oxygen atoms in total. The van der Waals surface area contributed by atoms with Gasteiger partial charge in [0, 0.05) is 25.2 Å². The van der Waals surface area contributed by atoms with Crippen LogP contribution in [0.15, 0.2) is 12.3 Å². The van der Waals surface area contributed by atoms with E-state index in [4.69, 9.17) is 11.5 Å². The van der Waals surface area contributed by atoms with E-state index >= 15 is 0 Å². The molecule has 0 bridgehead atoms. The van der Waals surface area contributed by atoms with Gasteiger partial charge in [-0.3, -0.25) is 4.79 Å². The predicted octanol–water partition coefficient (Wildman–Crippen LogP) is -0.546. The van der Waals surface area contributed by atoms with Crippen molar-refractivity contribution in [2.45, 2.75) is 6.42 Å². The van der Waals surface area contributed by atoms with Crippen molar-refractivity contribution in [3.05, 3.63) is 12.3 Å². The number of rotatable bonds is 2. The summed E-state index contributed by atoms with van der Waals surface area (Å²) in [6.07, 6.45) is 1.81. The van der Waals surface area contributed by atoms with Gasteiger partial charge in [-0.1, -0.05) is 0 Å². The molecule has 0 fully saturated rings. The van der Waals surface area contributed by atoms with Gasteiger partial charge in [-0.2, -0.15) is 0 Å². The molecule has 0 spiro atoms. The highest BCUT2D eigenvalue weighted by Crippen LogP contribution is 1.96. The molecule has 0 amide bonds. The van der Waals surface area contributed by atoms with Gasteiger partial charge in [-0.25, -0.2) is 4.68 Å². The Morgan fingerprint density at radius 2 is 2.45 bits per heavy atom. The van der Waals surface area contributed by atoms with E-state index in [9.17, 15) is 4.79 Å². The summed E-state index contributed by atoms with van der Waals surface area (Å²) in [5, 5.41) is 3.72. The highest BCUT2D eigenvalue weighted by molar-refractivity contribution is 5.78. The van der Waals surface area contributed by atoms with Crippen molar-refractivity contribution >= 4 is 11.7 Å². The van der Waals surface area contributed by atoms with E-state index < -0.39 is 0 Å². The molecule has 5 heteroatoms. The molecule has 60 valence electrons. The van der Waals surface area contributed by atoms with Crippen LogP contribution < -0.4 is 11.5 Å². The zero-order valence-electron chi connectivity index (χ0n) is 6.03. The first-order valence-corrected chi connectivity index (χ1v) is 3.28. The van der Waals surface area contributed by atoms with Gasteiger partial charge in [0.25, 0.3) is 0 Å². The summed E-state index contributed by atoms with van der Waals surface area (Å²) >= 11 is 0. The number of nitrogen functional groups attached to an aromatic ring is 1. The molecule has 0 aliphatic heterocycles. The van der Waals surface area contributed by atoms with Crippen molar-refractivity contribution in [1.82, 2.24) is 9.78 Å². The molecule has 0 saturated heterocycles. The highest BCUT2D eigenvalue weighted by atomic mass is 16.2. The second kappa shape index (κ2) is 3.16. The maximum atomic E-state index is 11.0. The highest BCUT2D eigenvalue weighted by Gasteiger charge is 2.03. The largest absolute Gasteiger partial charge is 0.382 e. The molecule has 0 atom stereocenters. The predicted molar refractivity (Wildman–Crippen MR) is 40.9 cm³/mol. The summed E-state index contributed by atoms with van der Waals surface area (Å²) in [5.41, 5.74) is 10.5. The number of hydrogen-bond donors (Lipinski definition) is 2. The summed E-state index contributed by atoms with van der Waals surface area (Å²) in [4.78, 5) is 11.0. The Bertz CT molecular complexity index is 255. The number of carbonyl (C=O) groups excluding carboxylic acids is 1. The van der Waals surface area contributed by atoms with E-state index in [-0.39, 0.29) is 5.91 Å². The molecular formula is C6H10N4O. The normalized spacial score (nSPS) is 9.91. The summed E-state index contributed by atoms with van der Waals surface area (Å²) in [6, 6.07) is 1.56. The maximum Gasteiger partial charge on any atom is 0.248 e. The number of carbonyl (C=O) groups is 1. The smallest absolute Gasteiger partial charge is 0.248 e. The molecule has 0 aliphatic rings. The van der Waals surface area contributed by atoms with Crippen LogP contribution in [0.25, 0.3) is 0 Å². The molecule has 0 saturated carbocycles. The van der Waals surface area contributed by atoms with Crippen LogP contribution in [0, 0.1) is 0 Å². The number of anilines is 1. The summed E-state index contributed by atoms with van der Waals surface area (Å²) in [6.45, 7) is 0.332. The third-order valence-corrected chi connectivity index (χ3v) is 1.22. The first-order valence-electron chi connectivity index (χ1n) is 3.28. The van der Waals surface area contributed by atoms with Gasteiger partial charge in [0.15, 0.2) is 0 Å². The van der Waals surface area contributed by atoms with Gasteiger partial charge in [-0.05, 0) is 0 Å². The first kappa shape index (κ1) is 7.74. The van der Waals surface area contributed by atoms with Gasteiger partial charge >= 0.3 is 0 Å². The van der Waals surface area contributed by atoms with Crippen molar-refractivity contribution in [2.75, 3.05) is 12.3 Å². The molecule has 0 radical (unpaired) electrons. The zero-order valence-corrected chi connectivity index (χ0v) is 6.03. The lowest BCUT2D eigenvalue weighted by Gasteiger charge is -1.95. The lowest BCUT2D eigenvalue weighted by molar-refractivity contribution is 0.0890. The fourth-order valence-electron chi connectivity index (χ4n) is 0.715. The lowest BCUT2D eigenvalue weighted by Crippen LogP contribution is -2.15. The Morgan fingerprint density at radius 3 is 2.91 bits per heavy atom. The number of nitrogens with zero attached hydrogens (tertiary/aromatic N) is 2. The Kier molecular flexibility index (Phi) is 2.22. The van der Waals surface area contributed by atoms with E-state index in [1.807, 2.05) is 0 Å². The van der Waals surface area contributed by atoms with Crippen LogP contribution in [-0.4, -0.2) is 22.2 Å². The SMILES string of the molecule is NCCC(=O)n1ccc(N)n1. The minimum Gasteiger partial charge on any atom is -0.382 e. The second-order valence-corrected chi connectivity index (χ2v) is 2.12. The lowest BCUT2D eigenvalue weighted by atomic mass is 10.4. The van der Waals surface area contributed by atoms with E-state index in [1.54, 1.807) is 6.07 Å². The molecule has 0 aliphatic carbocycles. The quantitative estimate of drug-likeness (QED) is 0.598. The van der Waals surface area contributed by atoms with Crippen molar-refractivity contribution < 1.29 is 4.79 Å². The second-order valence-electron chi connectivity index (χ2n) is 2.12. The van der Waals surface area contributed by atoms with Gasteiger partial charge in [-0.15, -0.1) is 5.10 Å². The Labute approximate surface area is 64.0 Å². The number of nitrogens with two attached hydrogens (primary N) is 2. The van der Waals surface area contributed by atoms with Crippen molar-refractivity contribution in [3.8, 4) is 0 Å². The third-order valence-electron chi connectivity index (χ3n) is 1.22. The monoisotopic (exact) mass is 154 g/mol. The molecule has 1 aromatic rings. The Balaban J connectivity index is 2.69. The van der Waals surface area contributed by atoms with Crippen molar-refractivity contribution in [3.63, 3.8) is 0 Å². The minimum atomic E-state index is -0.135. The maximum absolute atomic E-state index is 11.0. The van der Waals surface area contributed by atoms with Crippen LogP contribution in [0.3, 0.4) is 0 Å². The fourth-order valence-corrected chi connectivity index (χ4v) is 0.715. The summed E-state index contributed by atoms with van der Waals surface area (Å²) in [5.74, 6) is 0.208.